The summed E-state index contributed by atoms with van der Waals surface area (Å²) in [5.74, 6) is -0.568. The van der Waals surface area contributed by atoms with Crippen LogP contribution >= 0.6 is 23.2 Å². The zero-order valence-corrected chi connectivity index (χ0v) is 18.8. The first kappa shape index (κ1) is 23.0. The number of fused-ring (bicyclic) bond motifs is 1. The molecule has 0 aliphatic carbocycles. The van der Waals surface area contributed by atoms with Crippen LogP contribution in [0.5, 0.6) is 0 Å². The number of carbonyl (C=O) groups excluding carboxylic acids is 1. The lowest BCUT2D eigenvalue weighted by molar-refractivity contribution is -0.136. The van der Waals surface area contributed by atoms with Crippen molar-refractivity contribution in [2.75, 3.05) is 5.32 Å². The number of benzene rings is 1. The van der Waals surface area contributed by atoms with E-state index in [1.807, 2.05) is 0 Å². The molecular weight excluding hydrogens is 482 g/mol. The summed E-state index contributed by atoms with van der Waals surface area (Å²) in [6.45, 7) is 2.74. The summed E-state index contributed by atoms with van der Waals surface area (Å²) < 4.78 is 43.0. The normalized spacial score (nSPS) is 11.8. The highest BCUT2D eigenvalue weighted by molar-refractivity contribution is 6.35. The SMILES string of the molecule is Cc1cc(C(F)(F)F)c2c(C)nn(CC(=O)Nc3ncn(Cc4c(Cl)cccc4Cl)n3)c2n1. The van der Waals surface area contributed by atoms with E-state index in [0.29, 0.717) is 15.6 Å². The lowest BCUT2D eigenvalue weighted by Crippen LogP contribution is -2.21. The molecule has 0 unspecified atom stereocenters. The monoisotopic (exact) mass is 497 g/mol. The standard InChI is InChI=1S/C20H16Cl2F3N7O/c1-10-6-13(20(23,24)25)17-11(2)29-32(18(17)27-10)8-16(33)28-19-26-9-31(30-19)7-12-14(21)4-3-5-15(12)22/h3-6,9H,7-8H2,1-2H3,(H,28,30,33). The van der Waals surface area contributed by atoms with Gasteiger partial charge in [-0.05, 0) is 32.0 Å². The van der Waals surface area contributed by atoms with Gasteiger partial charge in [0.1, 0.15) is 12.9 Å². The lowest BCUT2D eigenvalue weighted by atomic mass is 10.1. The molecule has 3 heterocycles. The number of hydrogen-bond acceptors (Lipinski definition) is 5. The maximum atomic E-state index is 13.5. The molecule has 0 saturated heterocycles. The Morgan fingerprint density at radius 2 is 1.85 bits per heavy atom. The van der Waals surface area contributed by atoms with Gasteiger partial charge in [-0.3, -0.25) is 10.1 Å². The Morgan fingerprint density at radius 3 is 2.52 bits per heavy atom. The molecule has 172 valence electrons. The van der Waals surface area contributed by atoms with Crippen molar-refractivity contribution in [3.63, 3.8) is 0 Å². The highest BCUT2D eigenvalue weighted by Gasteiger charge is 2.35. The first-order valence-corrected chi connectivity index (χ1v) is 10.3. The minimum atomic E-state index is -4.58. The summed E-state index contributed by atoms with van der Waals surface area (Å²) in [6, 6.07) is 6.07. The minimum Gasteiger partial charge on any atom is -0.292 e. The molecule has 0 aliphatic heterocycles. The smallest absolute Gasteiger partial charge is 0.292 e. The molecule has 0 aliphatic rings. The molecule has 0 saturated carbocycles. The molecule has 0 bridgehead atoms. The third-order valence-corrected chi connectivity index (χ3v) is 5.48. The van der Waals surface area contributed by atoms with Crippen LogP contribution in [0, 0.1) is 13.8 Å². The molecule has 33 heavy (non-hydrogen) atoms. The van der Waals surface area contributed by atoms with Gasteiger partial charge in [0.25, 0.3) is 0 Å². The number of nitrogens with one attached hydrogen (secondary N) is 1. The van der Waals surface area contributed by atoms with Gasteiger partial charge in [-0.1, -0.05) is 29.3 Å². The van der Waals surface area contributed by atoms with Crippen LogP contribution in [0.3, 0.4) is 0 Å². The molecule has 8 nitrogen and oxygen atoms in total. The predicted octanol–water partition coefficient (Wildman–Crippen LogP) is 4.65. The van der Waals surface area contributed by atoms with Gasteiger partial charge in [-0.25, -0.2) is 19.3 Å². The second-order valence-electron chi connectivity index (χ2n) is 7.26. The van der Waals surface area contributed by atoms with Crippen molar-refractivity contribution in [2.24, 2.45) is 0 Å². The summed E-state index contributed by atoms with van der Waals surface area (Å²) in [4.78, 5) is 20.7. The van der Waals surface area contributed by atoms with Crippen LogP contribution < -0.4 is 5.32 Å². The third-order valence-electron chi connectivity index (χ3n) is 4.77. The zero-order chi connectivity index (χ0) is 23.9. The van der Waals surface area contributed by atoms with Gasteiger partial charge in [-0.2, -0.15) is 18.3 Å². The van der Waals surface area contributed by atoms with Gasteiger partial charge in [0, 0.05) is 21.3 Å². The molecular formula is C20H16Cl2F3N7O. The molecule has 1 aromatic carbocycles. The Hall–Kier alpha value is -3.18. The van der Waals surface area contributed by atoms with Gasteiger partial charge in [0.05, 0.1) is 23.2 Å². The van der Waals surface area contributed by atoms with Crippen LogP contribution in [0.4, 0.5) is 19.1 Å². The molecule has 0 fully saturated rings. The van der Waals surface area contributed by atoms with Gasteiger partial charge < -0.3 is 0 Å². The highest BCUT2D eigenvalue weighted by atomic mass is 35.5. The van der Waals surface area contributed by atoms with Crippen molar-refractivity contribution in [1.82, 2.24) is 29.5 Å². The van der Waals surface area contributed by atoms with E-state index in [9.17, 15) is 18.0 Å². The van der Waals surface area contributed by atoms with E-state index < -0.39 is 17.6 Å². The van der Waals surface area contributed by atoms with E-state index in [-0.39, 0.29) is 41.5 Å². The number of carbonyl (C=O) groups is 1. The number of rotatable bonds is 5. The van der Waals surface area contributed by atoms with E-state index in [1.165, 1.54) is 24.9 Å². The number of aryl methyl sites for hydroxylation is 2. The maximum absolute atomic E-state index is 13.5. The molecule has 13 heteroatoms. The van der Waals surface area contributed by atoms with E-state index >= 15 is 0 Å². The number of anilines is 1. The Kier molecular flexibility index (Phi) is 6.02. The fraction of sp³-hybridized carbons (Fsp3) is 0.250. The number of alkyl halides is 3. The van der Waals surface area contributed by atoms with Crippen molar-refractivity contribution < 1.29 is 18.0 Å². The summed E-state index contributed by atoms with van der Waals surface area (Å²) in [7, 11) is 0. The Balaban J connectivity index is 1.53. The second kappa shape index (κ2) is 8.64. The van der Waals surface area contributed by atoms with E-state index in [1.54, 1.807) is 18.2 Å². The average Bonchev–Trinajstić information content (AvgIpc) is 3.27. The van der Waals surface area contributed by atoms with Crippen molar-refractivity contribution in [3.8, 4) is 0 Å². The number of amides is 1. The molecule has 3 aromatic heterocycles. The predicted molar refractivity (Wildman–Crippen MR) is 116 cm³/mol. The van der Waals surface area contributed by atoms with Gasteiger partial charge in [-0.15, -0.1) is 5.10 Å². The van der Waals surface area contributed by atoms with Crippen LogP contribution in [0.25, 0.3) is 11.0 Å². The van der Waals surface area contributed by atoms with E-state index in [4.69, 9.17) is 23.2 Å². The van der Waals surface area contributed by atoms with Crippen molar-refractivity contribution in [2.45, 2.75) is 33.1 Å². The second-order valence-corrected chi connectivity index (χ2v) is 8.08. The largest absolute Gasteiger partial charge is 0.417 e. The summed E-state index contributed by atoms with van der Waals surface area (Å²) >= 11 is 12.3. The summed E-state index contributed by atoms with van der Waals surface area (Å²) in [6.07, 6.45) is -3.18. The van der Waals surface area contributed by atoms with Crippen LogP contribution in [0.1, 0.15) is 22.5 Å². The van der Waals surface area contributed by atoms with E-state index in [0.717, 1.165) is 10.7 Å². The Labute approximate surface area is 195 Å². The van der Waals surface area contributed by atoms with Crippen molar-refractivity contribution in [3.05, 3.63) is 63.2 Å². The average molecular weight is 498 g/mol. The number of hydrogen-bond donors (Lipinski definition) is 1. The molecule has 0 spiro atoms. The summed E-state index contributed by atoms with van der Waals surface area (Å²) in [5.41, 5.74) is 0.0605. The maximum Gasteiger partial charge on any atom is 0.417 e. The Morgan fingerprint density at radius 1 is 1.15 bits per heavy atom. The number of nitrogens with zero attached hydrogens (tertiary/aromatic N) is 6. The van der Waals surface area contributed by atoms with Gasteiger partial charge >= 0.3 is 6.18 Å². The Bertz CT molecular complexity index is 1340. The van der Waals surface area contributed by atoms with Crippen LogP contribution in [0.2, 0.25) is 10.0 Å². The number of halogens is 5. The molecule has 4 aromatic rings. The van der Waals surface area contributed by atoms with Crippen molar-refractivity contribution in [1.29, 1.82) is 0 Å². The highest BCUT2D eigenvalue weighted by Crippen LogP contribution is 2.36. The quantitative estimate of drug-likeness (QED) is 0.433. The lowest BCUT2D eigenvalue weighted by Gasteiger charge is -2.10. The van der Waals surface area contributed by atoms with Crippen LogP contribution in [-0.4, -0.2) is 35.4 Å². The first-order valence-electron chi connectivity index (χ1n) is 9.57. The molecule has 0 atom stereocenters. The molecule has 0 radical (unpaired) electrons. The number of aromatic nitrogens is 6. The van der Waals surface area contributed by atoms with Gasteiger partial charge in [0.2, 0.25) is 11.9 Å². The van der Waals surface area contributed by atoms with Crippen LogP contribution in [0.15, 0.2) is 30.6 Å². The van der Waals surface area contributed by atoms with E-state index in [2.05, 4.69) is 25.5 Å². The fourth-order valence-corrected chi connectivity index (χ4v) is 3.90. The topological polar surface area (TPSA) is 90.5 Å². The molecule has 4 rings (SSSR count). The fourth-order valence-electron chi connectivity index (χ4n) is 3.39. The third kappa shape index (κ3) is 4.79. The van der Waals surface area contributed by atoms with Crippen LogP contribution in [-0.2, 0) is 24.1 Å². The molecule has 1 N–H and O–H groups in total. The van der Waals surface area contributed by atoms with Gasteiger partial charge in [0.15, 0.2) is 5.65 Å². The number of pyridine rings is 1. The summed E-state index contributed by atoms with van der Waals surface area (Å²) in [5, 5.41) is 11.5. The first-order chi connectivity index (χ1) is 15.5. The molecule has 1 amide bonds. The zero-order valence-electron chi connectivity index (χ0n) is 17.3. The minimum absolute atomic E-state index is 0.0106. The van der Waals surface area contributed by atoms with Crippen molar-refractivity contribution >= 4 is 46.1 Å².